The van der Waals surface area contributed by atoms with Gasteiger partial charge in [-0.2, -0.15) is 13.2 Å². The van der Waals surface area contributed by atoms with Gasteiger partial charge in [-0.3, -0.25) is 15.1 Å². The third kappa shape index (κ3) is 4.56. The molecule has 0 aliphatic heterocycles. The lowest BCUT2D eigenvalue weighted by Gasteiger charge is -2.26. The predicted octanol–water partition coefficient (Wildman–Crippen LogP) is 1.66. The highest BCUT2D eigenvalue weighted by Gasteiger charge is 2.32. The highest BCUT2D eigenvalue weighted by molar-refractivity contribution is 5.94. The molecule has 0 aliphatic carbocycles. The number of nitrogens with two attached hydrogens (primary N) is 1. The van der Waals surface area contributed by atoms with E-state index in [9.17, 15) is 18.0 Å². The molecule has 1 aromatic rings. The van der Waals surface area contributed by atoms with Crippen LogP contribution in [0.2, 0.25) is 0 Å². The Bertz CT molecular complexity index is 429. The zero-order valence-corrected chi connectivity index (χ0v) is 10.6. The van der Waals surface area contributed by atoms with Crippen molar-refractivity contribution < 1.29 is 22.4 Å². The second-order valence-electron chi connectivity index (χ2n) is 4.34. The number of carbonyl (C=O) groups is 1. The average molecular weight is 279 g/mol. The van der Waals surface area contributed by atoms with Gasteiger partial charge in [-0.05, 0) is 19.9 Å². The summed E-state index contributed by atoms with van der Waals surface area (Å²) in [5, 5.41) is 0. The van der Waals surface area contributed by atoms with Gasteiger partial charge >= 0.3 is 6.18 Å². The quantitative estimate of drug-likeness (QED) is 0.488. The van der Waals surface area contributed by atoms with E-state index in [2.05, 4.69) is 0 Å². The summed E-state index contributed by atoms with van der Waals surface area (Å²) in [6.45, 7) is 2.08. The van der Waals surface area contributed by atoms with E-state index in [-0.39, 0.29) is 23.9 Å². The summed E-state index contributed by atoms with van der Waals surface area (Å²) in [5.74, 6) is 4.55. The maximum atomic E-state index is 12.4. The first-order valence-corrected chi connectivity index (χ1v) is 5.62. The molecule has 0 spiro atoms. The van der Waals surface area contributed by atoms with Gasteiger partial charge in [0.1, 0.15) is 5.76 Å². The number of rotatable bonds is 5. The Kier molecular flexibility index (Phi) is 4.96. The third-order valence-electron chi connectivity index (χ3n) is 2.58. The number of amides is 1. The molecule has 0 aromatic carbocycles. The van der Waals surface area contributed by atoms with Crippen molar-refractivity contribution in [2.75, 3.05) is 6.54 Å². The molecule has 0 aliphatic rings. The van der Waals surface area contributed by atoms with Crippen LogP contribution in [0.15, 0.2) is 16.7 Å². The van der Waals surface area contributed by atoms with Gasteiger partial charge in [0, 0.05) is 6.04 Å². The highest BCUT2D eigenvalue weighted by atomic mass is 19.4. The minimum absolute atomic E-state index is 0.118. The van der Waals surface area contributed by atoms with Gasteiger partial charge < -0.3 is 4.42 Å². The standard InChI is InChI=1S/C11H16F3N3O2/c1-7(2)17(6-11(12,13)14)5-9-8(3-4-19-9)10(18)16-15/h3-4,7H,5-6,15H2,1-2H3,(H,16,18). The molecule has 0 fully saturated rings. The van der Waals surface area contributed by atoms with Crippen molar-refractivity contribution in [3.8, 4) is 0 Å². The molecule has 1 heterocycles. The Hall–Kier alpha value is -1.54. The summed E-state index contributed by atoms with van der Waals surface area (Å²) >= 11 is 0. The maximum Gasteiger partial charge on any atom is 0.401 e. The van der Waals surface area contributed by atoms with Gasteiger partial charge in [0.2, 0.25) is 0 Å². The van der Waals surface area contributed by atoms with E-state index in [1.54, 1.807) is 13.8 Å². The van der Waals surface area contributed by atoms with Crippen molar-refractivity contribution in [2.24, 2.45) is 5.84 Å². The van der Waals surface area contributed by atoms with E-state index in [0.717, 1.165) is 4.90 Å². The fourth-order valence-corrected chi connectivity index (χ4v) is 1.58. The number of alkyl halides is 3. The van der Waals surface area contributed by atoms with E-state index in [1.165, 1.54) is 12.3 Å². The molecule has 19 heavy (non-hydrogen) atoms. The van der Waals surface area contributed by atoms with Crippen LogP contribution in [0.3, 0.4) is 0 Å². The van der Waals surface area contributed by atoms with Crippen molar-refractivity contribution >= 4 is 5.91 Å². The summed E-state index contributed by atoms with van der Waals surface area (Å²) in [4.78, 5) is 12.6. The van der Waals surface area contributed by atoms with Crippen LogP contribution >= 0.6 is 0 Å². The number of nitrogens with one attached hydrogen (secondary N) is 1. The molecule has 0 saturated carbocycles. The Morgan fingerprint density at radius 1 is 1.53 bits per heavy atom. The number of furan rings is 1. The molecule has 5 nitrogen and oxygen atoms in total. The van der Waals surface area contributed by atoms with Crippen LogP contribution in [0.4, 0.5) is 13.2 Å². The first kappa shape index (κ1) is 15.5. The summed E-state index contributed by atoms with van der Waals surface area (Å²) in [5.41, 5.74) is 2.05. The van der Waals surface area contributed by atoms with E-state index in [0.29, 0.717) is 0 Å². The molecule has 1 rings (SSSR count). The molecule has 0 atom stereocenters. The Morgan fingerprint density at radius 2 is 2.16 bits per heavy atom. The Balaban J connectivity index is 2.86. The fraction of sp³-hybridized carbons (Fsp3) is 0.545. The van der Waals surface area contributed by atoms with Crippen LogP contribution in [-0.4, -0.2) is 29.6 Å². The van der Waals surface area contributed by atoms with Crippen molar-refractivity contribution in [3.05, 3.63) is 23.7 Å². The smallest absolute Gasteiger partial charge is 0.401 e. The lowest BCUT2D eigenvalue weighted by molar-refractivity contribution is -0.151. The van der Waals surface area contributed by atoms with Crippen LogP contribution in [0.5, 0.6) is 0 Å². The van der Waals surface area contributed by atoms with Crippen molar-refractivity contribution in [1.29, 1.82) is 0 Å². The number of nitrogen functional groups attached to an aromatic ring is 1. The lowest BCUT2D eigenvalue weighted by atomic mass is 10.2. The summed E-state index contributed by atoms with van der Waals surface area (Å²) < 4.78 is 42.4. The predicted molar refractivity (Wildman–Crippen MR) is 62.0 cm³/mol. The highest BCUT2D eigenvalue weighted by Crippen LogP contribution is 2.21. The summed E-state index contributed by atoms with van der Waals surface area (Å²) in [6.07, 6.45) is -3.07. The minimum atomic E-state index is -4.31. The monoisotopic (exact) mass is 279 g/mol. The fourth-order valence-electron chi connectivity index (χ4n) is 1.58. The molecule has 3 N–H and O–H groups in total. The molecule has 1 aromatic heterocycles. The molecule has 0 radical (unpaired) electrons. The molecule has 0 unspecified atom stereocenters. The molecule has 0 bridgehead atoms. The largest absolute Gasteiger partial charge is 0.467 e. The van der Waals surface area contributed by atoms with Crippen molar-refractivity contribution in [3.63, 3.8) is 0 Å². The molecular formula is C11H16F3N3O2. The Morgan fingerprint density at radius 3 is 2.63 bits per heavy atom. The van der Waals surface area contributed by atoms with Gasteiger partial charge in [0.25, 0.3) is 5.91 Å². The van der Waals surface area contributed by atoms with Crippen molar-refractivity contribution in [2.45, 2.75) is 32.6 Å². The number of hydrogen-bond donors (Lipinski definition) is 2. The van der Waals surface area contributed by atoms with Crippen LogP contribution in [0, 0.1) is 0 Å². The van der Waals surface area contributed by atoms with Crippen LogP contribution in [-0.2, 0) is 6.54 Å². The third-order valence-corrected chi connectivity index (χ3v) is 2.58. The lowest BCUT2D eigenvalue weighted by Crippen LogP contribution is -2.39. The van der Waals surface area contributed by atoms with Gasteiger partial charge in [0.05, 0.1) is 24.9 Å². The SMILES string of the molecule is CC(C)N(Cc1occc1C(=O)NN)CC(F)(F)F. The number of halogens is 3. The van der Waals surface area contributed by atoms with Gasteiger partial charge in [-0.15, -0.1) is 0 Å². The van der Waals surface area contributed by atoms with E-state index in [1.807, 2.05) is 5.43 Å². The number of carbonyl (C=O) groups excluding carboxylic acids is 1. The first-order chi connectivity index (χ1) is 8.74. The normalized spacial score (nSPS) is 12.2. The molecule has 8 heteroatoms. The zero-order chi connectivity index (χ0) is 14.6. The van der Waals surface area contributed by atoms with Gasteiger partial charge in [0.15, 0.2) is 0 Å². The maximum absolute atomic E-state index is 12.4. The van der Waals surface area contributed by atoms with Crippen LogP contribution < -0.4 is 11.3 Å². The second kappa shape index (κ2) is 6.07. The molecular weight excluding hydrogens is 263 g/mol. The number of hydrazine groups is 1. The van der Waals surface area contributed by atoms with E-state index >= 15 is 0 Å². The van der Waals surface area contributed by atoms with Gasteiger partial charge in [-0.25, -0.2) is 5.84 Å². The number of nitrogens with zero attached hydrogens (tertiary/aromatic N) is 1. The minimum Gasteiger partial charge on any atom is -0.467 e. The van der Waals surface area contributed by atoms with E-state index < -0.39 is 18.6 Å². The van der Waals surface area contributed by atoms with Crippen LogP contribution in [0.25, 0.3) is 0 Å². The topological polar surface area (TPSA) is 71.5 Å². The first-order valence-electron chi connectivity index (χ1n) is 5.62. The average Bonchev–Trinajstić information content (AvgIpc) is 2.73. The number of hydrogen-bond acceptors (Lipinski definition) is 4. The Labute approximate surface area is 108 Å². The summed E-state index contributed by atoms with van der Waals surface area (Å²) in [7, 11) is 0. The zero-order valence-electron chi connectivity index (χ0n) is 10.6. The van der Waals surface area contributed by atoms with Crippen LogP contribution in [0.1, 0.15) is 30.0 Å². The molecule has 0 saturated heterocycles. The molecule has 108 valence electrons. The van der Waals surface area contributed by atoms with Gasteiger partial charge in [-0.1, -0.05) is 0 Å². The second-order valence-corrected chi connectivity index (χ2v) is 4.34. The summed E-state index contributed by atoms with van der Waals surface area (Å²) in [6, 6.07) is 1.02. The van der Waals surface area contributed by atoms with Crippen molar-refractivity contribution in [1.82, 2.24) is 10.3 Å². The van der Waals surface area contributed by atoms with E-state index in [4.69, 9.17) is 10.3 Å². The molecule has 1 amide bonds.